The van der Waals surface area contributed by atoms with Crippen LogP contribution in [0.5, 0.6) is 0 Å². The van der Waals surface area contributed by atoms with E-state index in [0.29, 0.717) is 5.92 Å². The maximum absolute atomic E-state index is 10.1. The van der Waals surface area contributed by atoms with Gasteiger partial charge in [0.25, 0.3) is 0 Å². The summed E-state index contributed by atoms with van der Waals surface area (Å²) in [7, 11) is 2.09. The van der Waals surface area contributed by atoms with Crippen LogP contribution in [0, 0.1) is 5.92 Å². The molecule has 0 bridgehead atoms. The summed E-state index contributed by atoms with van der Waals surface area (Å²) in [4.78, 5) is 13.3. The molecular formula is C40H38N3O2S+. The second kappa shape index (κ2) is 13.4. The van der Waals surface area contributed by atoms with Crippen LogP contribution in [0.15, 0.2) is 125 Å². The Morgan fingerprint density at radius 2 is 1.59 bits per heavy atom. The van der Waals surface area contributed by atoms with Crippen molar-refractivity contribution in [1.29, 1.82) is 0 Å². The van der Waals surface area contributed by atoms with Crippen molar-refractivity contribution in [2.75, 3.05) is 31.6 Å². The van der Waals surface area contributed by atoms with Crippen LogP contribution in [0.4, 0.5) is 17.1 Å². The van der Waals surface area contributed by atoms with Crippen LogP contribution in [0.3, 0.4) is 0 Å². The van der Waals surface area contributed by atoms with Crippen LogP contribution in [0.1, 0.15) is 18.4 Å². The van der Waals surface area contributed by atoms with Crippen molar-refractivity contribution >= 4 is 46.9 Å². The van der Waals surface area contributed by atoms with Crippen molar-refractivity contribution in [2.24, 2.45) is 5.92 Å². The molecule has 3 heterocycles. The van der Waals surface area contributed by atoms with Gasteiger partial charge in [0.1, 0.15) is 17.6 Å². The normalized spacial score (nSPS) is 15.7. The molecule has 3 aliphatic heterocycles. The molecule has 0 radical (unpaired) electrons. The quantitative estimate of drug-likeness (QED) is 0.0901. The third-order valence-corrected chi connectivity index (χ3v) is 9.56. The lowest BCUT2D eigenvalue weighted by atomic mass is 9.93. The average Bonchev–Trinajstić information content (AvgIpc) is 3.55. The Morgan fingerprint density at radius 3 is 2.37 bits per heavy atom. The van der Waals surface area contributed by atoms with Gasteiger partial charge in [-0.15, -0.1) is 12.6 Å². The summed E-state index contributed by atoms with van der Waals surface area (Å²) in [6, 6.07) is 40.4. The number of nitrogens with one attached hydrogen (secondary N) is 1. The molecule has 0 spiro atoms. The predicted octanol–water partition coefficient (Wildman–Crippen LogP) is 8.11. The van der Waals surface area contributed by atoms with Gasteiger partial charge in [-0.3, -0.25) is 0 Å². The average molecular weight is 625 g/mol. The van der Waals surface area contributed by atoms with Crippen LogP contribution < -0.4 is 20.1 Å². The highest BCUT2D eigenvalue weighted by atomic mass is 32.1. The first-order chi connectivity index (χ1) is 22.6. The number of nitrogens with zero attached hydrogens (tertiary/aromatic N) is 2. The van der Waals surface area contributed by atoms with E-state index in [1.54, 1.807) is 0 Å². The molecule has 1 fully saturated rings. The van der Waals surface area contributed by atoms with E-state index in [-0.39, 0.29) is 0 Å². The number of fused-ring (bicyclic) bond motifs is 3. The van der Waals surface area contributed by atoms with E-state index in [1.165, 1.54) is 11.3 Å². The number of carbonyl (C=O) groups is 1. The Hall–Kier alpha value is -4.65. The third kappa shape index (κ3) is 5.98. The lowest BCUT2D eigenvalue weighted by Gasteiger charge is -2.21. The second-order valence-corrected chi connectivity index (χ2v) is 12.5. The van der Waals surface area contributed by atoms with Gasteiger partial charge in [0.2, 0.25) is 11.0 Å². The van der Waals surface area contributed by atoms with E-state index in [4.69, 9.17) is 17.0 Å². The number of benzene rings is 5. The molecule has 230 valence electrons. The maximum Gasteiger partial charge on any atom is 0.209 e. The minimum absolute atomic E-state index is 0.344. The molecule has 1 aliphatic carbocycles. The van der Waals surface area contributed by atoms with Crippen molar-refractivity contribution in [3.63, 3.8) is 0 Å². The zero-order valence-corrected chi connectivity index (χ0v) is 26.9. The molecule has 1 N–H and O–H groups in total. The minimum atomic E-state index is 0.344. The van der Waals surface area contributed by atoms with E-state index < -0.39 is 0 Å². The fourth-order valence-electron chi connectivity index (χ4n) is 6.61. The highest BCUT2D eigenvalue weighted by Gasteiger charge is 2.25. The molecule has 0 aromatic heterocycles. The highest BCUT2D eigenvalue weighted by Crippen LogP contribution is 2.43. The lowest BCUT2D eigenvalue weighted by molar-refractivity contribution is -0.111. The largest absolute Gasteiger partial charge is 0.456 e. The van der Waals surface area contributed by atoms with E-state index in [9.17, 15) is 4.79 Å². The van der Waals surface area contributed by atoms with Crippen LogP contribution in [-0.4, -0.2) is 33.0 Å². The van der Waals surface area contributed by atoms with Crippen molar-refractivity contribution in [3.05, 3.63) is 126 Å². The zero-order valence-electron chi connectivity index (χ0n) is 26.0. The van der Waals surface area contributed by atoms with Gasteiger partial charge in [-0.1, -0.05) is 54.6 Å². The summed E-state index contributed by atoms with van der Waals surface area (Å²) < 4.78 is 9.07. The van der Waals surface area contributed by atoms with E-state index in [2.05, 4.69) is 119 Å². The second-order valence-electron chi connectivity index (χ2n) is 12.0. The van der Waals surface area contributed by atoms with Gasteiger partial charge in [0, 0.05) is 75.9 Å². The Balaban J connectivity index is 0.000000371. The van der Waals surface area contributed by atoms with Gasteiger partial charge in [-0.05, 0) is 67.9 Å². The number of carbonyl (C=O) groups excluding carboxylic acids is 1. The molecule has 4 aromatic carbocycles. The first-order valence-corrected chi connectivity index (χ1v) is 16.5. The lowest BCUT2D eigenvalue weighted by Crippen LogP contribution is -2.28. The third-order valence-electron chi connectivity index (χ3n) is 9.17. The smallest absolute Gasteiger partial charge is 0.209 e. The molecule has 0 atom stereocenters. The number of aldehydes is 1. The summed E-state index contributed by atoms with van der Waals surface area (Å²) in [5.74, 6) is 1.21. The van der Waals surface area contributed by atoms with Gasteiger partial charge >= 0.3 is 0 Å². The van der Waals surface area contributed by atoms with Crippen LogP contribution in [0.25, 0.3) is 33.4 Å². The standard InChI is InChI=1S/C34H26N2OS.C6H11NO/c1-35(24-10-3-2-4-11-24)25-15-17-27-31(21-25)37-32-22-26(36-20-19-23-9-5-7-13-30(23)36)16-18-28(32)34(27)29-12-6-8-14-33(29)38;8-5-6-1-3-7-4-2-6/h2-18,21-22H,19-20H2,1H3;5-7H,1-4H2/p+1. The number of hydrogen-bond acceptors (Lipinski definition) is 5. The molecule has 4 aromatic rings. The summed E-state index contributed by atoms with van der Waals surface area (Å²) >= 11 is 4.84. The molecular weight excluding hydrogens is 587 g/mol. The van der Waals surface area contributed by atoms with Gasteiger partial charge in [0.15, 0.2) is 6.54 Å². The fourth-order valence-corrected chi connectivity index (χ4v) is 6.88. The molecule has 6 heteroatoms. The molecule has 4 aliphatic rings. The van der Waals surface area contributed by atoms with E-state index in [1.807, 2.05) is 18.2 Å². The Morgan fingerprint density at radius 1 is 0.826 bits per heavy atom. The summed E-state index contributed by atoms with van der Waals surface area (Å²) in [6.45, 7) is 3.00. The number of thiol groups is 1. The molecule has 1 saturated heterocycles. The summed E-state index contributed by atoms with van der Waals surface area (Å²) in [5.41, 5.74) is 9.05. The zero-order chi connectivity index (χ0) is 31.5. The first-order valence-electron chi connectivity index (χ1n) is 16.0. The van der Waals surface area contributed by atoms with Crippen LogP contribution >= 0.6 is 12.6 Å². The first kappa shape index (κ1) is 30.0. The molecule has 0 unspecified atom stereocenters. The summed E-state index contributed by atoms with van der Waals surface area (Å²) in [5, 5.41) is 5.41. The van der Waals surface area contributed by atoms with Crippen LogP contribution in [0.2, 0.25) is 0 Å². The number of piperidine rings is 1. The number of hydrogen-bond donors (Lipinski definition) is 2. The predicted molar refractivity (Wildman–Crippen MR) is 192 cm³/mol. The molecule has 0 amide bonds. The van der Waals surface area contributed by atoms with Crippen molar-refractivity contribution in [2.45, 2.75) is 24.2 Å². The number of anilines is 2. The molecule has 5 nitrogen and oxygen atoms in total. The maximum atomic E-state index is 10.1. The monoisotopic (exact) mass is 624 g/mol. The van der Waals surface area contributed by atoms with Gasteiger partial charge in [-0.2, -0.15) is 4.58 Å². The van der Waals surface area contributed by atoms with Crippen LogP contribution in [-0.2, 0) is 11.2 Å². The number of para-hydroxylation sites is 2. The number of rotatable bonds is 4. The minimum Gasteiger partial charge on any atom is -0.456 e. The fraction of sp³-hybridized carbons (Fsp3) is 0.200. The van der Waals surface area contributed by atoms with Gasteiger partial charge in [-0.25, -0.2) is 0 Å². The molecule has 0 saturated carbocycles. The van der Waals surface area contributed by atoms with Crippen molar-refractivity contribution in [1.82, 2.24) is 9.89 Å². The van der Waals surface area contributed by atoms with Crippen molar-refractivity contribution in [3.8, 4) is 22.5 Å². The van der Waals surface area contributed by atoms with Gasteiger partial charge in [0.05, 0.1) is 6.07 Å². The Labute approximate surface area is 275 Å². The van der Waals surface area contributed by atoms with E-state index >= 15 is 0 Å². The Kier molecular flexibility index (Phi) is 8.73. The molecule has 46 heavy (non-hydrogen) atoms. The molecule has 8 rings (SSSR count). The highest BCUT2D eigenvalue weighted by molar-refractivity contribution is 7.80. The Bertz CT molecular complexity index is 2050. The van der Waals surface area contributed by atoms with Crippen molar-refractivity contribution < 1.29 is 9.21 Å². The van der Waals surface area contributed by atoms with E-state index in [0.717, 1.165) is 100 Å². The van der Waals surface area contributed by atoms with Gasteiger partial charge < -0.3 is 19.4 Å². The topological polar surface area (TPSA) is 48.5 Å². The SMILES string of the molecule is CN(c1ccccc1)c1ccc2c(-c3ccccc3S)c3ccc(=[N+]4CCc5ccccc54)cc-3oc2c1.O=CC1CCNCC1. The summed E-state index contributed by atoms with van der Waals surface area (Å²) in [6.07, 6.45) is 4.18.